The lowest BCUT2D eigenvalue weighted by molar-refractivity contribution is 0.581. The van der Waals surface area contributed by atoms with E-state index in [1.807, 2.05) is 26.1 Å². The van der Waals surface area contributed by atoms with Crippen LogP contribution in [0.1, 0.15) is 39.0 Å². The van der Waals surface area contributed by atoms with E-state index in [4.69, 9.17) is 0 Å². The molecule has 0 aliphatic carbocycles. The van der Waals surface area contributed by atoms with Crippen LogP contribution in [-0.2, 0) is 6.54 Å². The molecule has 0 fully saturated rings. The van der Waals surface area contributed by atoms with Gasteiger partial charge in [-0.25, -0.2) is 0 Å². The molecule has 0 aromatic carbocycles. The first-order valence-electron chi connectivity index (χ1n) is 5.33. The fourth-order valence-electron chi connectivity index (χ4n) is 1.00. The highest BCUT2D eigenvalue weighted by molar-refractivity contribution is 5.14. The van der Waals surface area contributed by atoms with Gasteiger partial charge in [-0.15, -0.1) is 0 Å². The van der Waals surface area contributed by atoms with E-state index in [-0.39, 0.29) is 0 Å². The molecule has 1 N–H and O–H groups in total. The summed E-state index contributed by atoms with van der Waals surface area (Å²) in [6, 6.07) is 4.64. The SMILES string of the molecule is CC.Cc1ccnc(CNC(C)C)c1. The fraction of sp³-hybridized carbons (Fsp3) is 0.583. The van der Waals surface area contributed by atoms with Gasteiger partial charge in [-0.1, -0.05) is 27.7 Å². The Morgan fingerprint density at radius 1 is 1.36 bits per heavy atom. The van der Waals surface area contributed by atoms with Gasteiger partial charge in [0.25, 0.3) is 0 Å². The van der Waals surface area contributed by atoms with Gasteiger partial charge >= 0.3 is 0 Å². The summed E-state index contributed by atoms with van der Waals surface area (Å²) in [7, 11) is 0. The van der Waals surface area contributed by atoms with Crippen molar-refractivity contribution in [3.8, 4) is 0 Å². The summed E-state index contributed by atoms with van der Waals surface area (Å²) in [4.78, 5) is 4.25. The molecule has 2 heteroatoms. The number of hydrogen-bond acceptors (Lipinski definition) is 2. The average molecular weight is 194 g/mol. The summed E-state index contributed by atoms with van der Waals surface area (Å²) in [5, 5.41) is 3.33. The molecule has 0 bridgehead atoms. The van der Waals surface area contributed by atoms with E-state index in [1.54, 1.807) is 0 Å². The number of nitrogens with zero attached hydrogens (tertiary/aromatic N) is 1. The van der Waals surface area contributed by atoms with Gasteiger partial charge in [-0.3, -0.25) is 4.98 Å². The number of aryl methyl sites for hydroxylation is 1. The fourth-order valence-corrected chi connectivity index (χ4v) is 1.00. The van der Waals surface area contributed by atoms with Crippen LogP contribution in [0.25, 0.3) is 0 Å². The van der Waals surface area contributed by atoms with Crippen molar-refractivity contribution in [2.75, 3.05) is 0 Å². The Kier molecular flexibility index (Phi) is 7.03. The molecule has 0 radical (unpaired) electrons. The summed E-state index contributed by atoms with van der Waals surface area (Å²) in [5.41, 5.74) is 2.38. The van der Waals surface area contributed by atoms with Crippen molar-refractivity contribution in [3.05, 3.63) is 29.6 Å². The van der Waals surface area contributed by atoms with Gasteiger partial charge in [0.2, 0.25) is 0 Å². The third-order valence-electron chi connectivity index (χ3n) is 1.66. The van der Waals surface area contributed by atoms with Gasteiger partial charge in [-0.05, 0) is 24.6 Å². The Bertz CT molecular complexity index is 244. The highest BCUT2D eigenvalue weighted by Crippen LogP contribution is 1.99. The van der Waals surface area contributed by atoms with Gasteiger partial charge in [0, 0.05) is 18.8 Å². The molecular weight excluding hydrogens is 172 g/mol. The molecule has 0 atom stereocenters. The third kappa shape index (κ3) is 5.70. The number of pyridine rings is 1. The topological polar surface area (TPSA) is 24.9 Å². The van der Waals surface area contributed by atoms with Crippen LogP contribution in [-0.4, -0.2) is 11.0 Å². The van der Waals surface area contributed by atoms with Gasteiger partial charge in [-0.2, -0.15) is 0 Å². The van der Waals surface area contributed by atoms with Crippen molar-refractivity contribution in [1.29, 1.82) is 0 Å². The van der Waals surface area contributed by atoms with Gasteiger partial charge < -0.3 is 5.32 Å². The molecule has 0 saturated heterocycles. The number of hydrogen-bond donors (Lipinski definition) is 1. The van der Waals surface area contributed by atoms with E-state index >= 15 is 0 Å². The zero-order chi connectivity index (χ0) is 11.0. The first-order valence-corrected chi connectivity index (χ1v) is 5.33. The third-order valence-corrected chi connectivity index (χ3v) is 1.66. The minimum atomic E-state index is 0.521. The van der Waals surface area contributed by atoms with Crippen molar-refractivity contribution in [2.45, 2.75) is 47.2 Å². The number of rotatable bonds is 3. The van der Waals surface area contributed by atoms with E-state index in [0.717, 1.165) is 12.2 Å². The summed E-state index contributed by atoms with van der Waals surface area (Å²) >= 11 is 0. The lowest BCUT2D eigenvalue weighted by Gasteiger charge is -2.07. The molecule has 0 aliphatic heterocycles. The molecule has 0 unspecified atom stereocenters. The molecule has 80 valence electrons. The molecule has 1 rings (SSSR count). The van der Waals surface area contributed by atoms with Gasteiger partial charge in [0.15, 0.2) is 0 Å². The van der Waals surface area contributed by atoms with Crippen molar-refractivity contribution >= 4 is 0 Å². The maximum atomic E-state index is 4.25. The van der Waals surface area contributed by atoms with Crippen molar-refractivity contribution in [2.24, 2.45) is 0 Å². The second-order valence-electron chi connectivity index (χ2n) is 3.36. The van der Waals surface area contributed by atoms with Crippen LogP contribution in [0.2, 0.25) is 0 Å². The Morgan fingerprint density at radius 2 is 2.00 bits per heavy atom. The van der Waals surface area contributed by atoms with E-state index in [9.17, 15) is 0 Å². The van der Waals surface area contributed by atoms with Crippen LogP contribution in [0.15, 0.2) is 18.3 Å². The summed E-state index contributed by atoms with van der Waals surface area (Å²) < 4.78 is 0. The molecule has 0 saturated carbocycles. The van der Waals surface area contributed by atoms with Crippen LogP contribution in [0.5, 0.6) is 0 Å². The molecule has 1 aromatic rings. The van der Waals surface area contributed by atoms with Crippen molar-refractivity contribution in [3.63, 3.8) is 0 Å². The molecule has 0 aliphatic rings. The number of nitrogens with one attached hydrogen (secondary N) is 1. The van der Waals surface area contributed by atoms with E-state index in [1.165, 1.54) is 5.56 Å². The van der Waals surface area contributed by atoms with Crippen LogP contribution in [0.4, 0.5) is 0 Å². The normalized spacial score (nSPS) is 9.57. The van der Waals surface area contributed by atoms with E-state index in [2.05, 4.69) is 37.1 Å². The highest BCUT2D eigenvalue weighted by atomic mass is 14.9. The predicted molar refractivity (Wildman–Crippen MR) is 62.3 cm³/mol. The molecule has 0 spiro atoms. The number of aromatic nitrogens is 1. The van der Waals surface area contributed by atoms with Crippen LogP contribution >= 0.6 is 0 Å². The van der Waals surface area contributed by atoms with Crippen molar-refractivity contribution in [1.82, 2.24) is 10.3 Å². The van der Waals surface area contributed by atoms with Gasteiger partial charge in [0.1, 0.15) is 0 Å². The van der Waals surface area contributed by atoms with Crippen LogP contribution in [0.3, 0.4) is 0 Å². The molecular formula is C12H22N2. The van der Waals surface area contributed by atoms with Crippen LogP contribution in [0, 0.1) is 6.92 Å². The Morgan fingerprint density at radius 3 is 2.50 bits per heavy atom. The smallest absolute Gasteiger partial charge is 0.0544 e. The molecule has 1 heterocycles. The predicted octanol–water partition coefficient (Wildman–Crippen LogP) is 2.91. The summed E-state index contributed by atoms with van der Waals surface area (Å²) in [6.07, 6.45) is 1.85. The minimum absolute atomic E-state index is 0.521. The highest BCUT2D eigenvalue weighted by Gasteiger charge is 1.95. The van der Waals surface area contributed by atoms with Crippen molar-refractivity contribution < 1.29 is 0 Å². The molecule has 2 nitrogen and oxygen atoms in total. The maximum Gasteiger partial charge on any atom is 0.0544 e. The molecule has 1 aromatic heterocycles. The van der Waals surface area contributed by atoms with E-state index < -0.39 is 0 Å². The standard InChI is InChI=1S/C10H16N2.C2H6/c1-8(2)12-7-10-6-9(3)4-5-11-10;1-2/h4-6,8,12H,7H2,1-3H3;1-2H3. The first-order chi connectivity index (χ1) is 6.68. The average Bonchev–Trinajstić information content (AvgIpc) is 2.18. The Labute approximate surface area is 87.8 Å². The molecule has 14 heavy (non-hydrogen) atoms. The monoisotopic (exact) mass is 194 g/mol. The molecule has 0 amide bonds. The second-order valence-corrected chi connectivity index (χ2v) is 3.36. The maximum absolute atomic E-state index is 4.25. The van der Waals surface area contributed by atoms with E-state index in [0.29, 0.717) is 6.04 Å². The first kappa shape index (κ1) is 13.1. The minimum Gasteiger partial charge on any atom is -0.309 e. The quantitative estimate of drug-likeness (QED) is 0.800. The lowest BCUT2D eigenvalue weighted by atomic mass is 10.2. The zero-order valence-electron chi connectivity index (χ0n) is 9.96. The largest absolute Gasteiger partial charge is 0.309 e. The second kappa shape index (κ2) is 7.51. The summed E-state index contributed by atoms with van der Waals surface area (Å²) in [5.74, 6) is 0. The summed E-state index contributed by atoms with van der Waals surface area (Å²) in [6.45, 7) is 11.2. The zero-order valence-corrected chi connectivity index (χ0v) is 9.96. The van der Waals surface area contributed by atoms with Gasteiger partial charge in [0.05, 0.1) is 5.69 Å². The van der Waals surface area contributed by atoms with Crippen LogP contribution < -0.4 is 5.32 Å². The lowest BCUT2D eigenvalue weighted by Crippen LogP contribution is -2.22. The Hall–Kier alpha value is -0.890. The Balaban J connectivity index is 0.000000791.